The van der Waals surface area contributed by atoms with Crippen LogP contribution in [-0.2, 0) is 0 Å². The Morgan fingerprint density at radius 3 is 2.38 bits per heavy atom. The average Bonchev–Trinajstić information content (AvgIpc) is 1.55. The molecular weight excluding hydrogens is 118 g/mol. The van der Waals surface area contributed by atoms with Gasteiger partial charge in [-0.05, 0) is 26.0 Å². The summed E-state index contributed by atoms with van der Waals surface area (Å²) in [6.07, 6.45) is 1.36. The Bertz CT molecular complexity index is 68.9. The summed E-state index contributed by atoms with van der Waals surface area (Å²) in [4.78, 5) is 0. The molecule has 1 rings (SSSR count). The van der Waals surface area contributed by atoms with Gasteiger partial charge in [0.1, 0.15) is 0 Å². The van der Waals surface area contributed by atoms with Crippen LogP contribution >= 0.6 is 11.8 Å². The highest BCUT2D eigenvalue weighted by Gasteiger charge is 2.17. The monoisotopic (exact) mass is 131 g/mol. The Hall–Kier alpha value is 0.310. The average molecular weight is 131 g/mol. The summed E-state index contributed by atoms with van der Waals surface area (Å²) >= 11 is 2.02. The zero-order valence-electron chi connectivity index (χ0n) is 5.48. The van der Waals surface area contributed by atoms with Gasteiger partial charge in [0.15, 0.2) is 0 Å². The van der Waals surface area contributed by atoms with Crippen molar-refractivity contribution >= 4 is 11.8 Å². The van der Waals surface area contributed by atoms with Crippen molar-refractivity contribution in [1.29, 1.82) is 0 Å². The van der Waals surface area contributed by atoms with Crippen molar-refractivity contribution in [2.75, 3.05) is 5.75 Å². The highest BCUT2D eigenvalue weighted by molar-refractivity contribution is 8.01. The molecule has 0 amide bonds. The van der Waals surface area contributed by atoms with Crippen LogP contribution in [0.4, 0.5) is 0 Å². The van der Waals surface area contributed by atoms with E-state index < -0.39 is 0 Å². The van der Waals surface area contributed by atoms with Crippen molar-refractivity contribution in [3.63, 3.8) is 0 Å². The number of nitrogens with one attached hydrogen (secondary N) is 1. The topological polar surface area (TPSA) is 12.0 Å². The molecule has 2 heteroatoms. The fraction of sp³-hybridized carbons (Fsp3) is 1.00. The third-order valence-electron chi connectivity index (χ3n) is 1.22. The van der Waals surface area contributed by atoms with Gasteiger partial charge in [0.25, 0.3) is 0 Å². The molecule has 1 saturated heterocycles. The maximum absolute atomic E-state index is 3.44. The molecule has 0 aliphatic carbocycles. The lowest BCUT2D eigenvalue weighted by Crippen LogP contribution is -2.37. The van der Waals surface area contributed by atoms with Gasteiger partial charge in [-0.15, -0.1) is 11.8 Å². The van der Waals surface area contributed by atoms with E-state index in [-0.39, 0.29) is 0 Å². The molecule has 0 aromatic carbocycles. The van der Waals surface area contributed by atoms with Gasteiger partial charge in [0.05, 0.1) is 5.37 Å². The second kappa shape index (κ2) is 2.74. The van der Waals surface area contributed by atoms with Gasteiger partial charge in [0, 0.05) is 6.04 Å². The third kappa shape index (κ3) is 1.67. The molecular formula is C6H13NS. The van der Waals surface area contributed by atoms with Gasteiger partial charge in [-0.25, -0.2) is 0 Å². The van der Waals surface area contributed by atoms with Crippen molar-refractivity contribution in [3.05, 3.63) is 0 Å². The van der Waals surface area contributed by atoms with E-state index in [0.717, 1.165) is 5.37 Å². The van der Waals surface area contributed by atoms with Gasteiger partial charge < -0.3 is 5.32 Å². The zero-order valence-corrected chi connectivity index (χ0v) is 6.29. The highest BCUT2D eigenvalue weighted by atomic mass is 32.2. The fourth-order valence-electron chi connectivity index (χ4n) is 0.739. The molecule has 0 bridgehead atoms. The standard InChI is InChI=1S/C6H13NS/c1-5(2)7-6-3-4-8-6/h5-7H,3-4H2,1-2H3. The van der Waals surface area contributed by atoms with Crippen molar-refractivity contribution in [3.8, 4) is 0 Å². The molecule has 0 spiro atoms. The SMILES string of the molecule is CC(C)NC1CCS1. The van der Waals surface area contributed by atoms with Crippen LogP contribution in [0.15, 0.2) is 0 Å². The van der Waals surface area contributed by atoms with Crippen LogP contribution in [0.2, 0.25) is 0 Å². The summed E-state index contributed by atoms with van der Waals surface area (Å²) in [6, 6.07) is 0.660. The first-order chi connectivity index (χ1) is 3.79. The lowest BCUT2D eigenvalue weighted by Gasteiger charge is -2.27. The number of hydrogen-bond donors (Lipinski definition) is 1. The maximum Gasteiger partial charge on any atom is 0.0541 e. The predicted molar refractivity (Wildman–Crippen MR) is 39.1 cm³/mol. The smallest absolute Gasteiger partial charge is 0.0541 e. The van der Waals surface area contributed by atoms with Gasteiger partial charge in [-0.2, -0.15) is 0 Å². The molecule has 0 saturated carbocycles. The molecule has 48 valence electrons. The van der Waals surface area contributed by atoms with Gasteiger partial charge in [-0.1, -0.05) is 0 Å². The van der Waals surface area contributed by atoms with Crippen LogP contribution < -0.4 is 5.32 Å². The Balaban J connectivity index is 2.01. The molecule has 1 N–H and O–H groups in total. The molecule has 1 heterocycles. The summed E-state index contributed by atoms with van der Waals surface area (Å²) in [7, 11) is 0. The largest absolute Gasteiger partial charge is 0.303 e. The Kier molecular flexibility index (Phi) is 2.20. The van der Waals surface area contributed by atoms with E-state index in [2.05, 4.69) is 19.2 Å². The van der Waals surface area contributed by atoms with Crippen LogP contribution in [-0.4, -0.2) is 17.2 Å². The second-order valence-electron chi connectivity index (χ2n) is 2.47. The Labute approximate surface area is 55.2 Å². The van der Waals surface area contributed by atoms with Crippen molar-refractivity contribution in [2.45, 2.75) is 31.7 Å². The van der Waals surface area contributed by atoms with Crippen molar-refractivity contribution < 1.29 is 0 Å². The molecule has 8 heavy (non-hydrogen) atoms. The van der Waals surface area contributed by atoms with Crippen LogP contribution in [0.1, 0.15) is 20.3 Å². The van der Waals surface area contributed by atoms with Crippen molar-refractivity contribution in [1.82, 2.24) is 5.32 Å². The molecule has 0 radical (unpaired) electrons. The molecule has 1 unspecified atom stereocenters. The lowest BCUT2D eigenvalue weighted by atomic mass is 10.3. The molecule has 1 aliphatic rings. The number of hydrogen-bond acceptors (Lipinski definition) is 2. The highest BCUT2D eigenvalue weighted by Crippen LogP contribution is 2.25. The van der Waals surface area contributed by atoms with Crippen LogP contribution in [0.3, 0.4) is 0 Å². The summed E-state index contributed by atoms with van der Waals surface area (Å²) in [6.45, 7) is 4.39. The molecule has 1 atom stereocenters. The molecule has 0 aromatic heterocycles. The van der Waals surface area contributed by atoms with Gasteiger partial charge in [-0.3, -0.25) is 0 Å². The fourth-order valence-corrected chi connectivity index (χ4v) is 1.58. The van der Waals surface area contributed by atoms with E-state index in [1.807, 2.05) is 11.8 Å². The second-order valence-corrected chi connectivity index (χ2v) is 3.78. The lowest BCUT2D eigenvalue weighted by molar-refractivity contribution is 0.538. The molecule has 1 nitrogen and oxygen atoms in total. The maximum atomic E-state index is 3.44. The van der Waals surface area contributed by atoms with Gasteiger partial charge >= 0.3 is 0 Å². The van der Waals surface area contributed by atoms with Crippen LogP contribution in [0.25, 0.3) is 0 Å². The zero-order chi connectivity index (χ0) is 5.98. The van der Waals surface area contributed by atoms with E-state index in [4.69, 9.17) is 0 Å². The van der Waals surface area contributed by atoms with E-state index in [9.17, 15) is 0 Å². The van der Waals surface area contributed by atoms with E-state index in [1.54, 1.807) is 0 Å². The summed E-state index contributed by atoms with van der Waals surface area (Å²) in [5, 5.41) is 4.22. The van der Waals surface area contributed by atoms with Crippen LogP contribution in [0.5, 0.6) is 0 Å². The van der Waals surface area contributed by atoms with E-state index >= 15 is 0 Å². The Morgan fingerprint density at radius 1 is 1.62 bits per heavy atom. The first kappa shape index (κ1) is 6.43. The quantitative estimate of drug-likeness (QED) is 0.608. The van der Waals surface area contributed by atoms with Gasteiger partial charge in [0.2, 0.25) is 0 Å². The minimum Gasteiger partial charge on any atom is -0.303 e. The minimum atomic E-state index is 0.660. The minimum absolute atomic E-state index is 0.660. The normalized spacial score (nSPS) is 28.1. The first-order valence-electron chi connectivity index (χ1n) is 3.16. The molecule has 1 fully saturated rings. The number of thioether (sulfide) groups is 1. The van der Waals surface area contributed by atoms with E-state index in [1.165, 1.54) is 12.2 Å². The summed E-state index contributed by atoms with van der Waals surface area (Å²) in [5.41, 5.74) is 0. The predicted octanol–water partition coefficient (Wildman–Crippen LogP) is 1.45. The summed E-state index contributed by atoms with van der Waals surface area (Å²) in [5.74, 6) is 1.35. The number of rotatable bonds is 2. The summed E-state index contributed by atoms with van der Waals surface area (Å²) < 4.78 is 0. The van der Waals surface area contributed by atoms with Crippen LogP contribution in [0, 0.1) is 0 Å². The third-order valence-corrected chi connectivity index (χ3v) is 2.46. The van der Waals surface area contributed by atoms with Crippen molar-refractivity contribution in [2.24, 2.45) is 0 Å². The van der Waals surface area contributed by atoms with E-state index in [0.29, 0.717) is 6.04 Å². The molecule has 1 aliphatic heterocycles. The molecule has 0 aromatic rings. The Morgan fingerprint density at radius 2 is 2.25 bits per heavy atom. The first-order valence-corrected chi connectivity index (χ1v) is 4.21.